The van der Waals surface area contributed by atoms with E-state index in [2.05, 4.69) is 205 Å². The van der Waals surface area contributed by atoms with Crippen molar-refractivity contribution in [2.75, 3.05) is 4.90 Å². The third kappa shape index (κ3) is 5.59. The molecule has 0 amide bonds. The minimum atomic E-state index is 0.970. The van der Waals surface area contributed by atoms with Crippen LogP contribution in [0.1, 0.15) is 11.1 Å². The lowest BCUT2D eigenvalue weighted by molar-refractivity contribution is 1.26. The van der Waals surface area contributed by atoms with Crippen LogP contribution >= 0.6 is 0 Å². The Labute approximate surface area is 294 Å². The second-order valence-corrected chi connectivity index (χ2v) is 13.0. The fourth-order valence-electron chi connectivity index (χ4n) is 7.44. The van der Waals surface area contributed by atoms with E-state index in [1.807, 2.05) is 0 Å². The molecule has 0 fully saturated rings. The summed E-state index contributed by atoms with van der Waals surface area (Å²) in [4.78, 5) is 2.40. The Hall–Kier alpha value is -6.44. The Kier molecular flexibility index (Phi) is 7.64. The molecule has 8 aromatic rings. The molecule has 0 heterocycles. The molecule has 8 aromatic carbocycles. The second-order valence-electron chi connectivity index (χ2n) is 13.0. The Morgan fingerprint density at radius 3 is 1.30 bits per heavy atom. The van der Waals surface area contributed by atoms with E-state index in [0.29, 0.717) is 0 Å². The van der Waals surface area contributed by atoms with Crippen LogP contribution in [0.5, 0.6) is 0 Å². The number of hydrogen-bond donors (Lipinski definition) is 0. The van der Waals surface area contributed by atoms with Gasteiger partial charge in [-0.15, -0.1) is 0 Å². The molecule has 1 heteroatoms. The number of hydrogen-bond acceptors (Lipinski definition) is 1. The molecule has 0 aliphatic heterocycles. The SMILES string of the molecule is c1ccc(-c2ccc(N(c3ccc(-c4ccccc4)cc3)c3cc(-c4ccccc4)cc(-c4cccc5c4-c4ccccc4C5)c3)cc2)cc1. The first-order valence-electron chi connectivity index (χ1n) is 17.3. The molecular formula is C49H35N. The van der Waals surface area contributed by atoms with Gasteiger partial charge in [0.1, 0.15) is 0 Å². The van der Waals surface area contributed by atoms with Gasteiger partial charge in [0.05, 0.1) is 0 Å². The summed E-state index contributed by atoms with van der Waals surface area (Å²) in [6.45, 7) is 0. The van der Waals surface area contributed by atoms with Crippen molar-refractivity contribution in [2.45, 2.75) is 6.42 Å². The molecule has 1 nitrogen and oxygen atoms in total. The standard InChI is InChI=1S/C49H35N/c1-4-13-35(14-5-1)38-23-27-44(28-24-38)50(45-29-25-39(26-30-45)36-15-6-2-7-16-36)46-33-42(37-17-8-3-9-18-37)32-43(34-46)48-22-12-20-41-31-40-19-10-11-21-47(40)49(41)48/h1-30,32-34H,31H2. The van der Waals surface area contributed by atoms with Gasteiger partial charge in [0, 0.05) is 17.1 Å². The summed E-state index contributed by atoms with van der Waals surface area (Å²) in [5.41, 5.74) is 18.5. The summed E-state index contributed by atoms with van der Waals surface area (Å²) in [7, 11) is 0. The normalized spacial score (nSPS) is 11.5. The zero-order valence-electron chi connectivity index (χ0n) is 27.7. The molecule has 0 unspecified atom stereocenters. The number of anilines is 3. The quantitative estimate of drug-likeness (QED) is 0.168. The molecule has 0 bridgehead atoms. The Morgan fingerprint density at radius 2 is 0.720 bits per heavy atom. The molecule has 1 aliphatic rings. The van der Waals surface area contributed by atoms with Gasteiger partial charge < -0.3 is 4.90 Å². The number of rotatable bonds is 7. The number of benzene rings is 8. The molecule has 1 aliphatic carbocycles. The van der Waals surface area contributed by atoms with Gasteiger partial charge >= 0.3 is 0 Å². The summed E-state index contributed by atoms with van der Waals surface area (Å²) >= 11 is 0. The van der Waals surface area contributed by atoms with Gasteiger partial charge in [0.15, 0.2) is 0 Å². The molecule has 0 N–H and O–H groups in total. The lowest BCUT2D eigenvalue weighted by Gasteiger charge is -2.27. The highest BCUT2D eigenvalue weighted by atomic mass is 15.1. The van der Waals surface area contributed by atoms with E-state index in [4.69, 9.17) is 0 Å². The summed E-state index contributed by atoms with van der Waals surface area (Å²) in [6, 6.07) is 72.6. The van der Waals surface area contributed by atoms with Crippen molar-refractivity contribution in [3.63, 3.8) is 0 Å². The minimum Gasteiger partial charge on any atom is -0.310 e. The smallest absolute Gasteiger partial charge is 0.0473 e. The highest BCUT2D eigenvalue weighted by molar-refractivity contribution is 5.94. The average molecular weight is 638 g/mol. The fraction of sp³-hybridized carbons (Fsp3) is 0.0204. The summed E-state index contributed by atoms with van der Waals surface area (Å²) in [5, 5.41) is 0. The van der Waals surface area contributed by atoms with Gasteiger partial charge in [-0.2, -0.15) is 0 Å². The Balaban J connectivity index is 1.24. The maximum atomic E-state index is 2.40. The third-order valence-electron chi connectivity index (χ3n) is 9.88. The van der Waals surface area contributed by atoms with Gasteiger partial charge in [0.25, 0.3) is 0 Å². The van der Waals surface area contributed by atoms with Gasteiger partial charge in [-0.3, -0.25) is 0 Å². The third-order valence-corrected chi connectivity index (χ3v) is 9.88. The van der Waals surface area contributed by atoms with Crippen LogP contribution in [0.2, 0.25) is 0 Å². The molecule has 0 spiro atoms. The van der Waals surface area contributed by atoms with Crippen LogP contribution in [0.25, 0.3) is 55.6 Å². The van der Waals surface area contributed by atoms with E-state index >= 15 is 0 Å². The second kappa shape index (κ2) is 12.9. The molecule has 0 saturated heterocycles. The van der Waals surface area contributed by atoms with Crippen molar-refractivity contribution >= 4 is 17.1 Å². The highest BCUT2D eigenvalue weighted by Gasteiger charge is 2.23. The van der Waals surface area contributed by atoms with E-state index in [9.17, 15) is 0 Å². The predicted molar refractivity (Wildman–Crippen MR) is 211 cm³/mol. The van der Waals surface area contributed by atoms with Gasteiger partial charge in [-0.05, 0) is 116 Å². The van der Waals surface area contributed by atoms with Crippen LogP contribution in [-0.2, 0) is 6.42 Å². The molecule has 50 heavy (non-hydrogen) atoms. The van der Waals surface area contributed by atoms with Gasteiger partial charge in [0.2, 0.25) is 0 Å². The van der Waals surface area contributed by atoms with Crippen LogP contribution in [0.4, 0.5) is 17.1 Å². The lowest BCUT2D eigenvalue weighted by Crippen LogP contribution is -2.10. The van der Waals surface area contributed by atoms with Crippen molar-refractivity contribution in [2.24, 2.45) is 0 Å². The van der Waals surface area contributed by atoms with E-state index < -0.39 is 0 Å². The molecular weight excluding hydrogens is 603 g/mol. The van der Waals surface area contributed by atoms with Gasteiger partial charge in [-0.1, -0.05) is 158 Å². The Bertz CT molecular complexity index is 2330. The van der Waals surface area contributed by atoms with E-state index in [-0.39, 0.29) is 0 Å². The van der Waals surface area contributed by atoms with E-state index in [1.54, 1.807) is 0 Å². The number of fused-ring (bicyclic) bond motifs is 3. The zero-order chi connectivity index (χ0) is 33.3. The fourth-order valence-corrected chi connectivity index (χ4v) is 7.44. The van der Waals surface area contributed by atoms with Crippen molar-refractivity contribution < 1.29 is 0 Å². The van der Waals surface area contributed by atoms with Crippen LogP contribution in [0.3, 0.4) is 0 Å². The van der Waals surface area contributed by atoms with Crippen LogP contribution < -0.4 is 4.90 Å². The maximum Gasteiger partial charge on any atom is 0.0473 e. The van der Waals surface area contributed by atoms with E-state index in [0.717, 1.165) is 23.5 Å². The van der Waals surface area contributed by atoms with Crippen molar-refractivity contribution in [3.05, 3.63) is 211 Å². The van der Waals surface area contributed by atoms with Crippen LogP contribution in [0, 0.1) is 0 Å². The maximum absolute atomic E-state index is 2.40. The summed E-state index contributed by atoms with van der Waals surface area (Å²) in [5.74, 6) is 0. The molecule has 0 saturated carbocycles. The van der Waals surface area contributed by atoms with Crippen molar-refractivity contribution in [1.29, 1.82) is 0 Å². The van der Waals surface area contributed by atoms with E-state index in [1.165, 1.54) is 66.8 Å². The average Bonchev–Trinajstić information content (AvgIpc) is 3.59. The molecule has 9 rings (SSSR count). The van der Waals surface area contributed by atoms with Crippen molar-refractivity contribution in [3.8, 4) is 55.6 Å². The topological polar surface area (TPSA) is 3.24 Å². The predicted octanol–water partition coefficient (Wildman–Crippen LogP) is 13.4. The largest absolute Gasteiger partial charge is 0.310 e. The molecule has 0 atom stereocenters. The first-order chi connectivity index (χ1) is 24.8. The number of nitrogens with zero attached hydrogens (tertiary/aromatic N) is 1. The van der Waals surface area contributed by atoms with Crippen molar-refractivity contribution in [1.82, 2.24) is 0 Å². The molecule has 236 valence electrons. The lowest BCUT2D eigenvalue weighted by atomic mass is 9.91. The summed E-state index contributed by atoms with van der Waals surface area (Å²) in [6.07, 6.45) is 0.970. The van der Waals surface area contributed by atoms with Gasteiger partial charge in [-0.25, -0.2) is 0 Å². The highest BCUT2D eigenvalue weighted by Crippen LogP contribution is 2.46. The Morgan fingerprint density at radius 1 is 0.280 bits per heavy atom. The summed E-state index contributed by atoms with van der Waals surface area (Å²) < 4.78 is 0. The monoisotopic (exact) mass is 637 g/mol. The van der Waals surface area contributed by atoms with Crippen LogP contribution in [0.15, 0.2) is 200 Å². The first kappa shape index (κ1) is 29.7. The minimum absolute atomic E-state index is 0.970. The molecule has 0 aromatic heterocycles. The van der Waals surface area contributed by atoms with Crippen LogP contribution in [-0.4, -0.2) is 0 Å². The molecule has 0 radical (unpaired) electrons. The first-order valence-corrected chi connectivity index (χ1v) is 17.3. The zero-order valence-corrected chi connectivity index (χ0v) is 27.7.